The minimum atomic E-state index is -1.20. The maximum atomic E-state index is 12.5. The summed E-state index contributed by atoms with van der Waals surface area (Å²) in [5.41, 5.74) is 4.10. The van der Waals surface area contributed by atoms with Crippen LogP contribution >= 0.6 is 0 Å². The number of ether oxygens (including phenoxy) is 1. The zero-order chi connectivity index (χ0) is 27.8. The van der Waals surface area contributed by atoms with Gasteiger partial charge < -0.3 is 19.6 Å². The van der Waals surface area contributed by atoms with E-state index in [1.807, 2.05) is 19.2 Å². The highest BCUT2D eigenvalue weighted by atomic mass is 16.6. The minimum Gasteiger partial charge on any atom is -0.450 e. The molecule has 0 bridgehead atoms. The number of hydrogen-bond acceptors (Lipinski definition) is 6. The second-order valence-corrected chi connectivity index (χ2v) is 11.9. The van der Waals surface area contributed by atoms with Gasteiger partial charge in [0.05, 0.1) is 12.3 Å². The van der Waals surface area contributed by atoms with Crippen LogP contribution in [-0.4, -0.2) is 76.0 Å². The Balaban J connectivity index is 1.41. The average Bonchev–Trinajstić information content (AvgIpc) is 3.43. The number of nitrogens with zero attached hydrogens (tertiary/aromatic N) is 4. The van der Waals surface area contributed by atoms with Crippen LogP contribution < -0.4 is 0 Å². The molecule has 2 aliphatic heterocycles. The third kappa shape index (κ3) is 5.08. The summed E-state index contributed by atoms with van der Waals surface area (Å²) in [6.45, 7) is 11.7. The lowest BCUT2D eigenvalue weighted by molar-refractivity contribution is -0.127. The molecule has 2 saturated heterocycles. The number of rotatable bonds is 7. The first-order chi connectivity index (χ1) is 18.6. The highest BCUT2D eigenvalue weighted by Gasteiger charge is 2.55. The van der Waals surface area contributed by atoms with E-state index < -0.39 is 5.60 Å². The summed E-state index contributed by atoms with van der Waals surface area (Å²) in [5.74, 6) is 0.725. The lowest BCUT2D eigenvalue weighted by Crippen LogP contribution is -2.63. The third-order valence-corrected chi connectivity index (χ3v) is 8.62. The summed E-state index contributed by atoms with van der Waals surface area (Å²) in [5, 5.41) is 20.4. The fourth-order valence-electron chi connectivity index (χ4n) is 6.41. The predicted octanol–water partition coefficient (Wildman–Crippen LogP) is 5.12. The van der Waals surface area contributed by atoms with Gasteiger partial charge in [-0.15, -0.1) is 0 Å². The van der Waals surface area contributed by atoms with E-state index in [1.54, 1.807) is 11.1 Å². The number of piperidine rings is 1. The molecule has 4 heterocycles. The molecule has 2 aliphatic rings. The van der Waals surface area contributed by atoms with Gasteiger partial charge in [-0.1, -0.05) is 45.0 Å². The topological polar surface area (TPSA) is 94.6 Å². The Morgan fingerprint density at radius 3 is 2.46 bits per heavy atom. The molecule has 0 saturated carbocycles. The molecule has 0 unspecified atom stereocenters. The first kappa shape index (κ1) is 27.3. The summed E-state index contributed by atoms with van der Waals surface area (Å²) < 4.78 is 5.15. The van der Waals surface area contributed by atoms with Gasteiger partial charge in [0.25, 0.3) is 0 Å². The second kappa shape index (κ2) is 10.7. The maximum Gasteiger partial charge on any atom is 0.409 e. The Kier molecular flexibility index (Phi) is 7.53. The van der Waals surface area contributed by atoms with Crippen molar-refractivity contribution >= 4 is 6.09 Å². The number of hydrogen-bond donors (Lipinski definition) is 2. The van der Waals surface area contributed by atoms with E-state index in [4.69, 9.17) is 4.74 Å². The van der Waals surface area contributed by atoms with Gasteiger partial charge in [0.15, 0.2) is 0 Å². The van der Waals surface area contributed by atoms with Crippen molar-refractivity contribution in [1.29, 1.82) is 0 Å². The van der Waals surface area contributed by atoms with E-state index in [9.17, 15) is 9.90 Å². The molecule has 8 nitrogen and oxygen atoms in total. The van der Waals surface area contributed by atoms with Crippen molar-refractivity contribution in [2.75, 3.05) is 39.8 Å². The van der Waals surface area contributed by atoms with Gasteiger partial charge in [0, 0.05) is 66.7 Å². The van der Waals surface area contributed by atoms with E-state index in [0.717, 1.165) is 54.0 Å². The predicted molar refractivity (Wildman–Crippen MR) is 152 cm³/mol. The van der Waals surface area contributed by atoms with Crippen molar-refractivity contribution in [3.8, 4) is 11.3 Å². The van der Waals surface area contributed by atoms with Gasteiger partial charge in [0.2, 0.25) is 0 Å². The van der Waals surface area contributed by atoms with Crippen molar-refractivity contribution < 1.29 is 14.6 Å². The molecule has 208 valence electrons. The molecule has 1 aromatic carbocycles. The molecule has 2 N–H and O–H groups in total. The van der Waals surface area contributed by atoms with Crippen LogP contribution in [0.4, 0.5) is 4.79 Å². The summed E-state index contributed by atoms with van der Waals surface area (Å²) in [7, 11) is 2.08. The van der Waals surface area contributed by atoms with E-state index in [2.05, 4.69) is 78.2 Å². The van der Waals surface area contributed by atoms with E-state index in [1.165, 1.54) is 5.56 Å². The van der Waals surface area contributed by atoms with Crippen LogP contribution in [0.3, 0.4) is 0 Å². The molecule has 39 heavy (non-hydrogen) atoms. The fourth-order valence-corrected chi connectivity index (χ4v) is 6.41. The van der Waals surface area contributed by atoms with Crippen molar-refractivity contribution in [3.05, 3.63) is 71.2 Å². The third-order valence-electron chi connectivity index (χ3n) is 8.62. The van der Waals surface area contributed by atoms with Gasteiger partial charge in [0.1, 0.15) is 5.60 Å². The van der Waals surface area contributed by atoms with Crippen LogP contribution in [-0.2, 0) is 10.3 Å². The summed E-state index contributed by atoms with van der Waals surface area (Å²) >= 11 is 0. The Morgan fingerprint density at radius 2 is 1.85 bits per heavy atom. The number of aromatic nitrogens is 3. The Morgan fingerprint density at radius 1 is 1.15 bits per heavy atom. The maximum absolute atomic E-state index is 12.5. The molecule has 3 aromatic rings. The number of H-pyrrole nitrogens is 1. The number of amides is 1. The molecular formula is C31H41N5O3. The summed E-state index contributed by atoms with van der Waals surface area (Å²) in [4.78, 5) is 20.6. The van der Waals surface area contributed by atoms with Crippen LogP contribution in [0.2, 0.25) is 0 Å². The van der Waals surface area contributed by atoms with Gasteiger partial charge in [-0.2, -0.15) is 5.10 Å². The van der Waals surface area contributed by atoms with Crippen molar-refractivity contribution in [1.82, 2.24) is 25.0 Å². The molecule has 0 spiro atoms. The number of pyridine rings is 1. The van der Waals surface area contributed by atoms with E-state index in [-0.39, 0.29) is 11.5 Å². The Bertz CT molecular complexity index is 1290. The van der Waals surface area contributed by atoms with Gasteiger partial charge in [-0.25, -0.2) is 4.79 Å². The number of nitrogens with one attached hydrogen (secondary N) is 1. The normalized spacial score (nSPS) is 19.5. The smallest absolute Gasteiger partial charge is 0.409 e. The first-order valence-corrected chi connectivity index (χ1v) is 14.1. The number of carbonyl (C=O) groups is 1. The average molecular weight is 532 g/mol. The van der Waals surface area contributed by atoms with Crippen LogP contribution in [0.1, 0.15) is 74.8 Å². The molecule has 8 heteroatoms. The van der Waals surface area contributed by atoms with Crippen molar-refractivity contribution in [3.63, 3.8) is 0 Å². The minimum absolute atomic E-state index is 0.234. The van der Waals surface area contributed by atoms with Crippen molar-refractivity contribution in [2.24, 2.45) is 5.41 Å². The van der Waals surface area contributed by atoms with Crippen LogP contribution in [0, 0.1) is 5.41 Å². The fraction of sp³-hybridized carbons (Fsp3) is 0.516. The SMILES string of the molecule is CCOC(=O)N1CCC(c2cc(-c3cncc([C@@](O)(c4ccc(C(C)C)cc4)C4(C)CN(C)C4)c3)n[nH]2)CC1. The molecule has 5 rings (SSSR count). The number of benzene rings is 1. The second-order valence-electron chi connectivity index (χ2n) is 11.9. The van der Waals surface area contributed by atoms with Crippen LogP contribution in [0.5, 0.6) is 0 Å². The number of aromatic amines is 1. The van der Waals surface area contributed by atoms with Gasteiger partial charge in [-0.3, -0.25) is 10.1 Å². The number of likely N-dealkylation sites (tertiary alicyclic amines) is 2. The molecule has 0 aliphatic carbocycles. The summed E-state index contributed by atoms with van der Waals surface area (Å²) in [6, 6.07) is 12.5. The lowest BCUT2D eigenvalue weighted by Gasteiger charge is -2.55. The zero-order valence-electron chi connectivity index (χ0n) is 23.8. The molecular weight excluding hydrogens is 490 g/mol. The van der Waals surface area contributed by atoms with Crippen LogP contribution in [0.25, 0.3) is 11.3 Å². The largest absolute Gasteiger partial charge is 0.450 e. The van der Waals surface area contributed by atoms with Gasteiger partial charge in [-0.05, 0) is 56.0 Å². The molecule has 1 atom stereocenters. The van der Waals surface area contributed by atoms with E-state index >= 15 is 0 Å². The molecule has 2 fully saturated rings. The molecule has 2 aromatic heterocycles. The van der Waals surface area contributed by atoms with Crippen LogP contribution in [0.15, 0.2) is 48.8 Å². The zero-order valence-corrected chi connectivity index (χ0v) is 23.8. The molecule has 0 radical (unpaired) electrons. The lowest BCUT2D eigenvalue weighted by atomic mass is 9.62. The molecule has 1 amide bonds. The highest BCUT2D eigenvalue weighted by molar-refractivity contribution is 5.67. The van der Waals surface area contributed by atoms with Crippen molar-refractivity contribution in [2.45, 2.75) is 58.0 Å². The summed E-state index contributed by atoms with van der Waals surface area (Å²) in [6.07, 6.45) is 5.08. The Hall–Kier alpha value is -3.23. The highest BCUT2D eigenvalue weighted by Crippen LogP contribution is 2.50. The number of aliphatic hydroxyl groups is 1. The first-order valence-electron chi connectivity index (χ1n) is 14.1. The van der Waals surface area contributed by atoms with Gasteiger partial charge >= 0.3 is 6.09 Å². The number of carbonyl (C=O) groups excluding carboxylic acids is 1. The monoisotopic (exact) mass is 531 g/mol. The Labute approximate surface area is 231 Å². The quantitative estimate of drug-likeness (QED) is 0.440. The standard InChI is InChI=1S/C31H41N5O3/c1-6-39-29(37)36-13-11-23(12-14-36)27-16-28(34-33-27)24-15-26(18-32-17-24)31(38,30(4)19-35(5)20-30)25-9-7-22(8-10-25)21(2)3/h7-10,15-18,21,23,38H,6,11-14,19-20H2,1-5H3,(H,33,34)/t31-/m0/s1. The van der Waals surface area contributed by atoms with E-state index in [0.29, 0.717) is 31.5 Å².